The summed E-state index contributed by atoms with van der Waals surface area (Å²) in [5.74, 6) is 2.18. The van der Waals surface area contributed by atoms with Crippen molar-refractivity contribution in [3.8, 4) is 5.75 Å². The van der Waals surface area contributed by atoms with E-state index in [1.165, 1.54) is 18.3 Å². The van der Waals surface area contributed by atoms with Gasteiger partial charge < -0.3 is 19.7 Å². The molecule has 26 heavy (non-hydrogen) atoms. The van der Waals surface area contributed by atoms with Crippen LogP contribution >= 0.6 is 0 Å². The number of piperidine rings is 1. The average molecular weight is 355 g/mol. The molecule has 2 aromatic rings. The van der Waals surface area contributed by atoms with Gasteiger partial charge in [-0.3, -0.25) is 9.59 Å². The summed E-state index contributed by atoms with van der Waals surface area (Å²) in [5.41, 5.74) is 0.346. The second-order valence-electron chi connectivity index (χ2n) is 6.93. The van der Waals surface area contributed by atoms with E-state index in [1.54, 1.807) is 11.0 Å². The van der Waals surface area contributed by atoms with E-state index >= 15 is 0 Å². The maximum Gasteiger partial charge on any atom is 0.287 e. The average Bonchev–Trinajstić information content (AvgIpc) is 3.04. The summed E-state index contributed by atoms with van der Waals surface area (Å²) < 4.78 is 5.46. The first-order valence-electron chi connectivity index (χ1n) is 8.88. The number of likely N-dealkylation sites (tertiary alicyclic amines) is 1. The van der Waals surface area contributed by atoms with Gasteiger partial charge in [-0.05, 0) is 42.0 Å². The number of furan rings is 1. The van der Waals surface area contributed by atoms with Crippen molar-refractivity contribution in [3.63, 3.8) is 0 Å². The molecule has 0 aromatic carbocycles. The fourth-order valence-corrected chi connectivity index (χ4v) is 3.78. The minimum atomic E-state index is -0.184. The van der Waals surface area contributed by atoms with E-state index in [1.807, 2.05) is 13.0 Å². The van der Waals surface area contributed by atoms with Gasteiger partial charge in [-0.1, -0.05) is 6.92 Å². The predicted octanol–water partition coefficient (Wildman–Crippen LogP) is 1.69. The summed E-state index contributed by atoms with van der Waals surface area (Å²) >= 11 is 0. The second-order valence-corrected chi connectivity index (χ2v) is 6.93. The first-order chi connectivity index (χ1) is 12.6. The zero-order chi connectivity index (χ0) is 18.3. The molecular weight excluding hydrogens is 334 g/mol. The number of nitrogens with zero attached hydrogens (tertiary/aromatic N) is 2. The van der Waals surface area contributed by atoms with Crippen molar-refractivity contribution < 1.29 is 19.1 Å². The van der Waals surface area contributed by atoms with Gasteiger partial charge in [0.25, 0.3) is 11.8 Å². The van der Waals surface area contributed by atoms with Crippen LogP contribution in [0.15, 0.2) is 34.9 Å². The quantitative estimate of drug-likeness (QED) is 0.851. The normalized spacial score (nSPS) is 23.6. The van der Waals surface area contributed by atoms with Crippen LogP contribution in [-0.4, -0.2) is 46.4 Å². The molecule has 1 aliphatic heterocycles. The molecule has 136 valence electrons. The number of aromatic hydroxyl groups is 1. The molecule has 1 saturated carbocycles. The van der Waals surface area contributed by atoms with Gasteiger partial charge >= 0.3 is 0 Å². The van der Waals surface area contributed by atoms with Crippen molar-refractivity contribution in [2.45, 2.75) is 13.3 Å². The van der Waals surface area contributed by atoms with Gasteiger partial charge in [0, 0.05) is 26.1 Å². The fraction of sp³-hybridized carbons (Fsp3) is 0.421. The molecule has 0 spiro atoms. The maximum absolute atomic E-state index is 12.4. The van der Waals surface area contributed by atoms with Gasteiger partial charge in [0.2, 0.25) is 0 Å². The fourth-order valence-electron chi connectivity index (χ4n) is 3.78. The Morgan fingerprint density at radius 1 is 1.27 bits per heavy atom. The topological polar surface area (TPSA) is 95.7 Å². The van der Waals surface area contributed by atoms with E-state index in [9.17, 15) is 14.7 Å². The zero-order valence-corrected chi connectivity index (χ0v) is 14.5. The number of fused-ring (bicyclic) bond motifs is 1. The molecular formula is C19H21N3O4. The lowest BCUT2D eigenvalue weighted by Crippen LogP contribution is -2.34. The van der Waals surface area contributed by atoms with Crippen LogP contribution in [0.3, 0.4) is 0 Å². The minimum absolute atomic E-state index is 0.0456. The third-order valence-corrected chi connectivity index (χ3v) is 5.36. The lowest BCUT2D eigenvalue weighted by atomic mass is 10.2. The van der Waals surface area contributed by atoms with Crippen LogP contribution in [0.25, 0.3) is 0 Å². The third-order valence-electron chi connectivity index (χ3n) is 5.36. The molecule has 3 heterocycles. The molecule has 2 fully saturated rings. The number of aryl methyl sites for hydroxylation is 1. The lowest BCUT2D eigenvalue weighted by Gasteiger charge is -2.19. The van der Waals surface area contributed by atoms with Crippen molar-refractivity contribution in [1.29, 1.82) is 0 Å². The highest BCUT2D eigenvalue weighted by Crippen LogP contribution is 2.51. The van der Waals surface area contributed by atoms with Gasteiger partial charge in [0.1, 0.15) is 17.2 Å². The van der Waals surface area contributed by atoms with Crippen molar-refractivity contribution in [2.75, 3.05) is 19.6 Å². The Labute approximate surface area is 151 Å². The van der Waals surface area contributed by atoms with E-state index in [0.717, 1.165) is 12.2 Å². The number of nitrogens with one attached hydrogen (secondary N) is 1. The molecule has 4 rings (SSSR count). The van der Waals surface area contributed by atoms with Crippen LogP contribution in [0.1, 0.15) is 33.7 Å². The van der Waals surface area contributed by atoms with Crippen molar-refractivity contribution in [3.05, 3.63) is 47.7 Å². The molecule has 1 aliphatic carbocycles. The van der Waals surface area contributed by atoms with E-state index < -0.39 is 0 Å². The van der Waals surface area contributed by atoms with E-state index in [4.69, 9.17) is 4.42 Å². The molecule has 2 amide bonds. The summed E-state index contributed by atoms with van der Waals surface area (Å²) in [7, 11) is 0. The van der Waals surface area contributed by atoms with Crippen molar-refractivity contribution in [1.82, 2.24) is 15.2 Å². The first kappa shape index (κ1) is 16.6. The van der Waals surface area contributed by atoms with E-state index in [2.05, 4.69) is 10.3 Å². The Morgan fingerprint density at radius 2 is 2.04 bits per heavy atom. The van der Waals surface area contributed by atoms with Crippen molar-refractivity contribution in [2.24, 2.45) is 17.8 Å². The molecule has 2 aliphatic rings. The van der Waals surface area contributed by atoms with Crippen LogP contribution in [0.2, 0.25) is 0 Å². The largest absolute Gasteiger partial charge is 0.506 e. The molecule has 1 saturated heterocycles. The zero-order valence-electron chi connectivity index (χ0n) is 14.5. The second kappa shape index (κ2) is 6.48. The summed E-state index contributed by atoms with van der Waals surface area (Å²) in [6, 6.07) is 6.52. The third kappa shape index (κ3) is 3.05. The smallest absolute Gasteiger partial charge is 0.287 e. The number of carbonyl (C=O) groups excluding carboxylic acids is 2. The Hall–Kier alpha value is -2.83. The number of hydrogen-bond acceptors (Lipinski definition) is 5. The molecule has 7 heteroatoms. The lowest BCUT2D eigenvalue weighted by molar-refractivity contribution is 0.0758. The van der Waals surface area contributed by atoms with Gasteiger partial charge in [0.05, 0.1) is 6.20 Å². The van der Waals surface area contributed by atoms with Crippen LogP contribution in [-0.2, 0) is 6.42 Å². The van der Waals surface area contributed by atoms with Crippen molar-refractivity contribution >= 4 is 11.8 Å². The number of rotatable bonds is 5. The van der Waals surface area contributed by atoms with E-state index in [0.29, 0.717) is 48.8 Å². The van der Waals surface area contributed by atoms with Crippen LogP contribution in [0, 0.1) is 17.8 Å². The maximum atomic E-state index is 12.4. The van der Waals surface area contributed by atoms with Gasteiger partial charge in [-0.25, -0.2) is 4.98 Å². The Bertz CT molecular complexity index is 818. The Morgan fingerprint density at radius 3 is 2.65 bits per heavy atom. The number of hydrogen-bond donors (Lipinski definition) is 2. The molecule has 2 unspecified atom stereocenters. The minimum Gasteiger partial charge on any atom is -0.506 e. The Kier molecular flexibility index (Phi) is 4.14. The predicted molar refractivity (Wildman–Crippen MR) is 92.7 cm³/mol. The van der Waals surface area contributed by atoms with Crippen LogP contribution in [0.4, 0.5) is 0 Å². The van der Waals surface area contributed by atoms with Gasteiger partial charge in [-0.15, -0.1) is 0 Å². The molecule has 7 nitrogen and oxygen atoms in total. The first-order valence-corrected chi connectivity index (χ1v) is 8.88. The molecule has 2 aromatic heterocycles. The van der Waals surface area contributed by atoms with Gasteiger partial charge in [0.15, 0.2) is 5.76 Å². The Balaban J connectivity index is 1.26. The standard InChI is InChI=1S/C19H21N3O4/c1-2-12-4-6-17(26-12)18(24)21-8-13-14-9-22(10-15(13)14)19(25)16-5-3-11(23)7-20-16/h3-7,13-15,23H,2,8-10H2,1H3,(H,21,24). The molecule has 2 N–H and O–H groups in total. The highest BCUT2D eigenvalue weighted by molar-refractivity contribution is 5.93. The summed E-state index contributed by atoms with van der Waals surface area (Å²) in [6.45, 7) is 3.96. The molecule has 2 atom stereocenters. The summed E-state index contributed by atoms with van der Waals surface area (Å²) in [4.78, 5) is 30.3. The number of aromatic nitrogens is 1. The summed E-state index contributed by atoms with van der Waals surface area (Å²) in [5, 5.41) is 12.2. The monoisotopic (exact) mass is 355 g/mol. The number of pyridine rings is 1. The number of amides is 2. The van der Waals surface area contributed by atoms with E-state index in [-0.39, 0.29) is 17.6 Å². The highest BCUT2D eigenvalue weighted by atomic mass is 16.3. The SMILES string of the molecule is CCc1ccc(C(=O)NCC2C3CN(C(=O)c4ccc(O)cn4)CC23)o1. The molecule has 0 bridgehead atoms. The van der Waals surface area contributed by atoms with Gasteiger partial charge in [-0.2, -0.15) is 0 Å². The summed E-state index contributed by atoms with van der Waals surface area (Å²) in [6.07, 6.45) is 2.04. The number of carbonyl (C=O) groups is 2. The highest BCUT2D eigenvalue weighted by Gasteiger charge is 2.56. The van der Waals surface area contributed by atoms with Crippen LogP contribution in [0.5, 0.6) is 5.75 Å². The molecule has 0 radical (unpaired) electrons. The van der Waals surface area contributed by atoms with Crippen LogP contribution < -0.4 is 5.32 Å².